The standard InChI is InChI=1S/C14H22BrNS/c1-16-10-9-14(6-2-3-7-14)8-4-13-12(15)5-11-17-13/h5,11,16H,2-4,6-10H2,1H3. The molecule has 1 aromatic rings. The van der Waals surface area contributed by atoms with E-state index >= 15 is 0 Å². The maximum atomic E-state index is 3.64. The van der Waals surface area contributed by atoms with Gasteiger partial charge in [0.25, 0.3) is 0 Å². The van der Waals surface area contributed by atoms with Crippen molar-refractivity contribution in [3.8, 4) is 0 Å². The summed E-state index contributed by atoms with van der Waals surface area (Å²) in [6, 6.07) is 2.18. The van der Waals surface area contributed by atoms with Gasteiger partial charge in [-0.2, -0.15) is 0 Å². The summed E-state index contributed by atoms with van der Waals surface area (Å²) in [4.78, 5) is 1.53. The van der Waals surface area contributed by atoms with Crippen LogP contribution in [0.4, 0.5) is 0 Å². The molecule has 0 atom stereocenters. The fourth-order valence-electron chi connectivity index (χ4n) is 3.02. The highest BCUT2D eigenvalue weighted by molar-refractivity contribution is 9.10. The van der Waals surface area contributed by atoms with E-state index in [1.54, 1.807) is 0 Å². The number of nitrogens with one attached hydrogen (secondary N) is 1. The average Bonchev–Trinajstić information content (AvgIpc) is 2.94. The minimum absolute atomic E-state index is 0.631. The van der Waals surface area contributed by atoms with Crippen molar-refractivity contribution in [2.45, 2.75) is 44.9 Å². The van der Waals surface area contributed by atoms with Crippen molar-refractivity contribution in [3.05, 3.63) is 20.8 Å². The first-order valence-corrected chi connectivity index (χ1v) is 8.29. The number of halogens is 1. The molecular formula is C14H22BrNS. The van der Waals surface area contributed by atoms with Gasteiger partial charge in [-0.3, -0.25) is 0 Å². The van der Waals surface area contributed by atoms with Crippen LogP contribution in [0.15, 0.2) is 15.9 Å². The lowest BCUT2D eigenvalue weighted by molar-refractivity contribution is 0.248. The normalized spacial score (nSPS) is 18.7. The van der Waals surface area contributed by atoms with E-state index in [1.165, 1.54) is 60.8 Å². The predicted octanol–water partition coefficient (Wildman–Crippen LogP) is 4.61. The lowest BCUT2D eigenvalue weighted by Gasteiger charge is -2.29. The molecule has 3 heteroatoms. The Morgan fingerprint density at radius 3 is 2.71 bits per heavy atom. The first-order chi connectivity index (χ1) is 8.26. The molecule has 1 aromatic heterocycles. The Morgan fingerprint density at radius 2 is 2.12 bits per heavy atom. The highest BCUT2D eigenvalue weighted by atomic mass is 79.9. The van der Waals surface area contributed by atoms with Crippen molar-refractivity contribution in [2.24, 2.45) is 5.41 Å². The summed E-state index contributed by atoms with van der Waals surface area (Å²) in [5.74, 6) is 0. The lowest BCUT2D eigenvalue weighted by Crippen LogP contribution is -2.23. The van der Waals surface area contributed by atoms with Crippen LogP contribution in [-0.4, -0.2) is 13.6 Å². The van der Waals surface area contributed by atoms with Crippen molar-refractivity contribution in [3.63, 3.8) is 0 Å². The third-order valence-corrected chi connectivity index (χ3v) is 6.13. The zero-order valence-electron chi connectivity index (χ0n) is 10.6. The van der Waals surface area contributed by atoms with E-state index in [0.717, 1.165) is 0 Å². The van der Waals surface area contributed by atoms with E-state index in [0.29, 0.717) is 5.41 Å². The number of rotatable bonds is 6. The summed E-state index contributed by atoms with van der Waals surface area (Å²) < 4.78 is 1.31. The van der Waals surface area contributed by atoms with Gasteiger partial charge in [-0.15, -0.1) is 11.3 Å². The summed E-state index contributed by atoms with van der Waals surface area (Å²) in [5.41, 5.74) is 0.631. The number of hydrogen-bond donors (Lipinski definition) is 1. The monoisotopic (exact) mass is 315 g/mol. The molecule has 0 aromatic carbocycles. The molecular weight excluding hydrogens is 294 g/mol. The molecule has 1 aliphatic rings. The molecule has 1 nitrogen and oxygen atoms in total. The predicted molar refractivity (Wildman–Crippen MR) is 79.8 cm³/mol. The zero-order chi connectivity index (χ0) is 12.1. The molecule has 0 aliphatic heterocycles. The van der Waals surface area contributed by atoms with Crippen LogP contribution in [0.5, 0.6) is 0 Å². The minimum atomic E-state index is 0.631. The Hall–Kier alpha value is 0.140. The van der Waals surface area contributed by atoms with Gasteiger partial charge in [0, 0.05) is 9.35 Å². The van der Waals surface area contributed by atoms with Gasteiger partial charge in [-0.1, -0.05) is 12.8 Å². The van der Waals surface area contributed by atoms with Crippen molar-refractivity contribution in [1.82, 2.24) is 5.32 Å². The van der Waals surface area contributed by atoms with Gasteiger partial charge in [-0.25, -0.2) is 0 Å². The van der Waals surface area contributed by atoms with Crippen LogP contribution in [0, 0.1) is 5.41 Å². The number of hydrogen-bond acceptors (Lipinski definition) is 2. The van der Waals surface area contributed by atoms with E-state index in [2.05, 4.69) is 39.7 Å². The molecule has 2 rings (SSSR count). The summed E-state index contributed by atoms with van der Waals surface area (Å²) in [7, 11) is 2.07. The Balaban J connectivity index is 1.91. The smallest absolute Gasteiger partial charge is 0.0314 e. The second-order valence-electron chi connectivity index (χ2n) is 5.25. The molecule has 1 fully saturated rings. The lowest BCUT2D eigenvalue weighted by atomic mass is 9.78. The van der Waals surface area contributed by atoms with Crippen molar-refractivity contribution < 1.29 is 0 Å². The minimum Gasteiger partial charge on any atom is -0.320 e. The van der Waals surface area contributed by atoms with Gasteiger partial charge in [0.05, 0.1) is 0 Å². The first kappa shape index (κ1) is 13.6. The summed E-state index contributed by atoms with van der Waals surface area (Å²) in [6.45, 7) is 1.17. The number of thiophene rings is 1. The molecule has 0 amide bonds. The van der Waals surface area contributed by atoms with Gasteiger partial charge in [0.15, 0.2) is 0 Å². The first-order valence-electron chi connectivity index (χ1n) is 6.62. The highest BCUT2D eigenvalue weighted by Gasteiger charge is 2.32. The van der Waals surface area contributed by atoms with Crippen molar-refractivity contribution in [1.29, 1.82) is 0 Å². The Kier molecular flexibility index (Phi) is 5.07. The average molecular weight is 316 g/mol. The van der Waals surface area contributed by atoms with Crippen LogP contribution in [0.1, 0.15) is 43.4 Å². The van der Waals surface area contributed by atoms with E-state index in [-0.39, 0.29) is 0 Å². The summed E-state index contributed by atoms with van der Waals surface area (Å²) in [6.07, 6.45) is 9.74. The number of aryl methyl sites for hydroxylation is 1. The van der Waals surface area contributed by atoms with E-state index < -0.39 is 0 Å². The Morgan fingerprint density at radius 1 is 1.35 bits per heavy atom. The molecule has 0 unspecified atom stereocenters. The van der Waals surface area contributed by atoms with E-state index in [4.69, 9.17) is 0 Å². The third kappa shape index (κ3) is 3.55. The molecule has 17 heavy (non-hydrogen) atoms. The SMILES string of the molecule is CNCCC1(CCc2sccc2Br)CCCC1. The van der Waals surface area contributed by atoms with Crippen LogP contribution >= 0.6 is 27.3 Å². The fraction of sp³-hybridized carbons (Fsp3) is 0.714. The summed E-state index contributed by atoms with van der Waals surface area (Å²) >= 11 is 5.54. The van der Waals surface area contributed by atoms with Gasteiger partial charge in [0.1, 0.15) is 0 Å². The fourth-order valence-corrected chi connectivity index (χ4v) is 4.58. The maximum Gasteiger partial charge on any atom is 0.0314 e. The third-order valence-electron chi connectivity index (χ3n) is 4.14. The molecule has 1 N–H and O–H groups in total. The van der Waals surface area contributed by atoms with E-state index in [9.17, 15) is 0 Å². The van der Waals surface area contributed by atoms with Gasteiger partial charge in [0.2, 0.25) is 0 Å². The van der Waals surface area contributed by atoms with Gasteiger partial charge >= 0.3 is 0 Å². The van der Waals surface area contributed by atoms with Crippen LogP contribution in [-0.2, 0) is 6.42 Å². The maximum absolute atomic E-state index is 3.64. The summed E-state index contributed by atoms with van der Waals surface area (Å²) in [5, 5.41) is 5.51. The molecule has 0 bridgehead atoms. The van der Waals surface area contributed by atoms with Gasteiger partial charge in [-0.05, 0) is 78.5 Å². The zero-order valence-corrected chi connectivity index (χ0v) is 13.0. The molecule has 96 valence electrons. The molecule has 1 saturated carbocycles. The van der Waals surface area contributed by atoms with Crippen molar-refractivity contribution >= 4 is 27.3 Å². The second-order valence-corrected chi connectivity index (χ2v) is 7.11. The van der Waals surface area contributed by atoms with E-state index in [1.807, 2.05) is 11.3 Å². The molecule has 0 spiro atoms. The van der Waals surface area contributed by atoms with Crippen LogP contribution < -0.4 is 5.32 Å². The van der Waals surface area contributed by atoms with Crippen LogP contribution in [0.3, 0.4) is 0 Å². The van der Waals surface area contributed by atoms with Crippen molar-refractivity contribution in [2.75, 3.05) is 13.6 Å². The molecule has 0 radical (unpaired) electrons. The van der Waals surface area contributed by atoms with Crippen LogP contribution in [0.25, 0.3) is 0 Å². The van der Waals surface area contributed by atoms with Gasteiger partial charge < -0.3 is 5.32 Å². The topological polar surface area (TPSA) is 12.0 Å². The largest absolute Gasteiger partial charge is 0.320 e. The quantitative estimate of drug-likeness (QED) is 0.808. The molecule has 1 heterocycles. The second kappa shape index (κ2) is 6.35. The molecule has 1 aliphatic carbocycles. The Bertz CT molecular complexity index is 342. The Labute approximate surface area is 117 Å². The highest BCUT2D eigenvalue weighted by Crippen LogP contribution is 2.45. The molecule has 0 saturated heterocycles. The van der Waals surface area contributed by atoms with Crippen LogP contribution in [0.2, 0.25) is 0 Å².